The van der Waals surface area contributed by atoms with E-state index in [-0.39, 0.29) is 24.4 Å². The highest BCUT2D eigenvalue weighted by Gasteiger charge is 2.27. The molecule has 0 radical (unpaired) electrons. The number of hydrogen-bond acceptors (Lipinski definition) is 7. The predicted molar refractivity (Wildman–Crippen MR) is 148 cm³/mol. The lowest BCUT2D eigenvalue weighted by Crippen LogP contribution is -2.22. The van der Waals surface area contributed by atoms with E-state index in [0.29, 0.717) is 47.0 Å². The number of phenols is 1. The number of allylic oxidation sites excluding steroid dienone is 1. The topological polar surface area (TPSA) is 132 Å². The molecule has 0 saturated heterocycles. The normalized spacial score (nSPS) is 13.6. The summed E-state index contributed by atoms with van der Waals surface area (Å²) >= 11 is 3.42. The van der Waals surface area contributed by atoms with E-state index in [2.05, 4.69) is 26.6 Å². The van der Waals surface area contributed by atoms with Crippen LogP contribution in [0.15, 0.2) is 77.3 Å². The van der Waals surface area contributed by atoms with Gasteiger partial charge in [-0.2, -0.15) is 0 Å². The summed E-state index contributed by atoms with van der Waals surface area (Å²) in [6.45, 7) is 2.04. The van der Waals surface area contributed by atoms with E-state index in [1.54, 1.807) is 60.7 Å². The van der Waals surface area contributed by atoms with Crippen LogP contribution in [0, 0.1) is 5.92 Å². The van der Waals surface area contributed by atoms with Crippen LogP contribution >= 0.6 is 15.9 Å². The van der Waals surface area contributed by atoms with Gasteiger partial charge in [0.05, 0.1) is 11.4 Å². The van der Waals surface area contributed by atoms with Gasteiger partial charge in [0, 0.05) is 21.8 Å². The average Bonchev–Trinajstić information content (AvgIpc) is 3.36. The summed E-state index contributed by atoms with van der Waals surface area (Å²) in [4.78, 5) is 25.1. The number of nitrogens with two attached hydrogens (primary N) is 1. The van der Waals surface area contributed by atoms with Crippen molar-refractivity contribution in [1.29, 1.82) is 0 Å². The molecule has 5 N–H and O–H groups in total. The van der Waals surface area contributed by atoms with Crippen molar-refractivity contribution in [1.82, 2.24) is 0 Å². The number of para-hydroxylation sites is 2. The first-order valence-corrected chi connectivity index (χ1v) is 12.8. The second-order valence-corrected chi connectivity index (χ2v) is 9.67. The lowest BCUT2D eigenvalue weighted by atomic mass is 9.92. The summed E-state index contributed by atoms with van der Waals surface area (Å²) < 4.78 is 17.2. The van der Waals surface area contributed by atoms with Gasteiger partial charge in [0.2, 0.25) is 12.7 Å². The maximum atomic E-state index is 12.8. The Morgan fingerprint density at radius 3 is 2.71 bits per heavy atom. The standard InChI is InChI=1S/C28H28BrN3O6/c1-17(6-2-5-9-26(34)32-22-8-4-3-7-21(22)30)27(20-14-18(29)10-12-23(20)33)38-28(35)31-19-11-13-24-25(15-19)37-16-36-24/h3-5,7-15,17,27,33H,2,6,16,30H2,1H3,(H,31,35)(H,32,34)/b9-5+/t17-,27-/m1/s1. The van der Waals surface area contributed by atoms with Crippen molar-refractivity contribution in [3.63, 3.8) is 0 Å². The molecular formula is C28H28BrN3O6. The van der Waals surface area contributed by atoms with E-state index >= 15 is 0 Å². The minimum absolute atomic E-state index is 0.0105. The number of benzene rings is 3. The zero-order valence-electron chi connectivity index (χ0n) is 20.6. The van der Waals surface area contributed by atoms with Gasteiger partial charge >= 0.3 is 6.09 Å². The largest absolute Gasteiger partial charge is 0.508 e. The zero-order chi connectivity index (χ0) is 27.1. The van der Waals surface area contributed by atoms with Gasteiger partial charge in [-0.05, 0) is 67.3 Å². The van der Waals surface area contributed by atoms with Crippen LogP contribution in [0.1, 0.15) is 31.4 Å². The van der Waals surface area contributed by atoms with E-state index < -0.39 is 12.2 Å². The van der Waals surface area contributed by atoms with Crippen molar-refractivity contribution in [3.8, 4) is 17.2 Å². The highest BCUT2D eigenvalue weighted by Crippen LogP contribution is 2.38. The first-order valence-electron chi connectivity index (χ1n) is 12.0. The van der Waals surface area contributed by atoms with Crippen molar-refractivity contribution in [2.24, 2.45) is 5.92 Å². The van der Waals surface area contributed by atoms with E-state index in [9.17, 15) is 14.7 Å². The molecule has 0 unspecified atom stereocenters. The molecule has 2 atom stereocenters. The molecule has 1 heterocycles. The fourth-order valence-corrected chi connectivity index (χ4v) is 4.34. The number of halogens is 1. The van der Waals surface area contributed by atoms with Crippen molar-refractivity contribution < 1.29 is 28.9 Å². The van der Waals surface area contributed by atoms with Crippen LogP contribution < -0.4 is 25.8 Å². The molecule has 0 aliphatic carbocycles. The summed E-state index contributed by atoms with van der Waals surface area (Å²) in [5.41, 5.74) is 7.84. The molecule has 198 valence electrons. The number of nitrogen functional groups attached to an aromatic ring is 1. The molecular weight excluding hydrogens is 554 g/mol. The number of phenolic OH excluding ortho intramolecular Hbond substituents is 1. The van der Waals surface area contributed by atoms with Gasteiger partial charge in [0.15, 0.2) is 11.5 Å². The van der Waals surface area contributed by atoms with Crippen LogP contribution in [0.3, 0.4) is 0 Å². The Morgan fingerprint density at radius 1 is 1.11 bits per heavy atom. The monoisotopic (exact) mass is 581 g/mol. The third kappa shape index (κ3) is 6.98. The molecule has 3 aromatic rings. The van der Waals surface area contributed by atoms with Crippen molar-refractivity contribution >= 4 is 45.0 Å². The van der Waals surface area contributed by atoms with E-state index in [1.165, 1.54) is 12.1 Å². The summed E-state index contributed by atoms with van der Waals surface area (Å²) in [6.07, 6.45) is 2.86. The third-order valence-electron chi connectivity index (χ3n) is 5.94. The molecule has 1 aliphatic heterocycles. The number of anilines is 3. The molecule has 9 nitrogen and oxygen atoms in total. The molecule has 4 rings (SSSR count). The molecule has 38 heavy (non-hydrogen) atoms. The molecule has 3 aromatic carbocycles. The fraction of sp³-hybridized carbons (Fsp3) is 0.214. The molecule has 0 fully saturated rings. The molecule has 0 aromatic heterocycles. The molecule has 1 aliphatic rings. The Morgan fingerprint density at radius 2 is 1.89 bits per heavy atom. The molecule has 0 bridgehead atoms. The van der Waals surface area contributed by atoms with Gasteiger partial charge in [0.25, 0.3) is 0 Å². The Labute approximate surface area is 228 Å². The summed E-state index contributed by atoms with van der Waals surface area (Å²) in [5.74, 6) is 0.647. The molecule has 0 spiro atoms. The number of carbonyl (C=O) groups is 2. The number of fused-ring (bicyclic) bond motifs is 1. The van der Waals surface area contributed by atoms with Gasteiger partial charge < -0.3 is 30.4 Å². The zero-order valence-corrected chi connectivity index (χ0v) is 22.2. The number of ether oxygens (including phenoxy) is 3. The minimum Gasteiger partial charge on any atom is -0.508 e. The van der Waals surface area contributed by atoms with E-state index in [4.69, 9.17) is 19.9 Å². The number of amides is 2. The summed E-state index contributed by atoms with van der Waals surface area (Å²) in [7, 11) is 0. The number of hydrogen-bond donors (Lipinski definition) is 4. The van der Waals surface area contributed by atoms with Crippen molar-refractivity contribution in [3.05, 3.63) is 82.9 Å². The Hall–Kier alpha value is -4.18. The maximum Gasteiger partial charge on any atom is 0.412 e. The first kappa shape index (κ1) is 26.9. The van der Waals surface area contributed by atoms with E-state index in [1.807, 2.05) is 6.92 Å². The second-order valence-electron chi connectivity index (χ2n) is 8.76. The quantitative estimate of drug-likeness (QED) is 0.170. The van der Waals surface area contributed by atoms with Gasteiger partial charge in [0.1, 0.15) is 11.9 Å². The summed E-state index contributed by atoms with van der Waals surface area (Å²) in [6, 6.07) is 17.0. The molecule has 0 saturated carbocycles. The smallest absolute Gasteiger partial charge is 0.412 e. The molecule has 10 heteroatoms. The minimum atomic E-state index is -0.757. The van der Waals surface area contributed by atoms with Crippen LogP contribution in [0.5, 0.6) is 17.2 Å². The third-order valence-corrected chi connectivity index (χ3v) is 6.44. The maximum absolute atomic E-state index is 12.8. The van der Waals surface area contributed by atoms with Crippen LogP contribution in [0.25, 0.3) is 0 Å². The average molecular weight is 582 g/mol. The lowest BCUT2D eigenvalue weighted by molar-refractivity contribution is -0.111. The van der Waals surface area contributed by atoms with Crippen LogP contribution in [-0.2, 0) is 9.53 Å². The SMILES string of the molecule is C[C@H](CC/C=C/C(=O)Nc1ccccc1N)[C@@H](OC(=O)Nc1ccc2c(c1)OCO2)c1cc(Br)ccc1O. The van der Waals surface area contributed by atoms with Crippen molar-refractivity contribution in [2.45, 2.75) is 25.9 Å². The van der Waals surface area contributed by atoms with Gasteiger partial charge in [-0.3, -0.25) is 10.1 Å². The fourth-order valence-electron chi connectivity index (χ4n) is 3.96. The second kappa shape index (κ2) is 12.4. The number of carbonyl (C=O) groups excluding carboxylic acids is 2. The Bertz CT molecular complexity index is 1350. The van der Waals surface area contributed by atoms with Gasteiger partial charge in [-0.1, -0.05) is 41.1 Å². The summed E-state index contributed by atoms with van der Waals surface area (Å²) in [5, 5.41) is 16.0. The first-order chi connectivity index (χ1) is 18.3. The number of aromatic hydroxyl groups is 1. The van der Waals surface area contributed by atoms with Crippen LogP contribution in [-0.4, -0.2) is 23.9 Å². The predicted octanol–water partition coefficient (Wildman–Crippen LogP) is 6.37. The highest BCUT2D eigenvalue weighted by atomic mass is 79.9. The van der Waals surface area contributed by atoms with E-state index in [0.717, 1.165) is 4.47 Å². The van der Waals surface area contributed by atoms with Gasteiger partial charge in [-0.25, -0.2) is 4.79 Å². The Balaban J connectivity index is 1.40. The lowest BCUT2D eigenvalue weighted by Gasteiger charge is -2.25. The van der Waals surface area contributed by atoms with Gasteiger partial charge in [-0.15, -0.1) is 0 Å². The number of rotatable bonds is 9. The van der Waals surface area contributed by atoms with Crippen LogP contribution in [0.2, 0.25) is 0 Å². The highest BCUT2D eigenvalue weighted by molar-refractivity contribution is 9.10. The van der Waals surface area contributed by atoms with Crippen molar-refractivity contribution in [2.75, 3.05) is 23.2 Å². The molecule has 2 amide bonds. The number of nitrogens with one attached hydrogen (secondary N) is 2. The Kier molecular flexibility index (Phi) is 8.75. The van der Waals surface area contributed by atoms with Crippen LogP contribution in [0.4, 0.5) is 21.9 Å².